The van der Waals surface area contributed by atoms with Crippen molar-refractivity contribution in [3.63, 3.8) is 0 Å². The van der Waals surface area contributed by atoms with Gasteiger partial charge in [0.2, 0.25) is 0 Å². The third-order valence-electron chi connectivity index (χ3n) is 3.62. The van der Waals surface area contributed by atoms with Gasteiger partial charge in [-0.25, -0.2) is 0 Å². The smallest absolute Gasteiger partial charge is 0.0713 e. The molecule has 1 heterocycles. The molecule has 3 aromatic rings. The third-order valence-corrected chi connectivity index (χ3v) is 3.62. The number of fused-ring (bicyclic) bond motifs is 1. The summed E-state index contributed by atoms with van der Waals surface area (Å²) in [5.74, 6) is 0. The minimum absolute atomic E-state index is 0.663. The van der Waals surface area contributed by atoms with Crippen LogP contribution in [0.4, 0.5) is 0 Å². The molecule has 0 saturated heterocycles. The molecule has 0 fully saturated rings. The van der Waals surface area contributed by atoms with Crippen molar-refractivity contribution in [3.05, 3.63) is 71.4 Å². The highest BCUT2D eigenvalue weighted by atomic mass is 16.5. The topological polar surface area (TPSA) is 37.0 Å². The molecule has 0 aliphatic heterocycles. The maximum absolute atomic E-state index is 5.17. The number of methoxy groups -OCH3 is 1. The number of H-pyrrole nitrogens is 1. The van der Waals surface area contributed by atoms with Crippen LogP contribution in [-0.2, 0) is 24.4 Å². The molecule has 0 atom stereocenters. The van der Waals surface area contributed by atoms with Crippen LogP contribution in [0.1, 0.15) is 16.7 Å². The second-order valence-electron chi connectivity index (χ2n) is 5.22. The molecule has 3 heteroatoms. The zero-order chi connectivity index (χ0) is 14.5. The van der Waals surface area contributed by atoms with Gasteiger partial charge in [0.1, 0.15) is 0 Å². The van der Waals surface area contributed by atoms with Gasteiger partial charge in [0.05, 0.1) is 6.61 Å². The lowest BCUT2D eigenvalue weighted by Crippen LogP contribution is -2.12. The quantitative estimate of drug-likeness (QED) is 0.724. The second kappa shape index (κ2) is 6.57. The van der Waals surface area contributed by atoms with Gasteiger partial charge in [-0.15, -0.1) is 0 Å². The van der Waals surface area contributed by atoms with Gasteiger partial charge in [0.15, 0.2) is 0 Å². The molecule has 3 rings (SSSR count). The Hall–Kier alpha value is -2.10. The molecule has 2 N–H and O–H groups in total. The van der Waals surface area contributed by atoms with Gasteiger partial charge in [0, 0.05) is 37.3 Å². The lowest BCUT2D eigenvalue weighted by molar-refractivity contribution is 0.185. The molecule has 2 aromatic carbocycles. The van der Waals surface area contributed by atoms with E-state index in [2.05, 4.69) is 65.0 Å². The predicted octanol–water partition coefficient (Wildman–Crippen LogP) is 3.60. The number of nitrogens with one attached hydrogen (secondary N) is 2. The van der Waals surface area contributed by atoms with E-state index in [-0.39, 0.29) is 0 Å². The van der Waals surface area contributed by atoms with Crippen molar-refractivity contribution in [2.75, 3.05) is 7.11 Å². The molecule has 0 spiro atoms. The highest BCUT2D eigenvalue weighted by Crippen LogP contribution is 2.17. The molecule has 0 amide bonds. The molecule has 0 unspecified atom stereocenters. The molecule has 108 valence electrons. The van der Waals surface area contributed by atoms with E-state index >= 15 is 0 Å². The van der Waals surface area contributed by atoms with Crippen LogP contribution in [0.3, 0.4) is 0 Å². The fraction of sp³-hybridized carbons (Fsp3) is 0.222. The molecule has 1 aromatic heterocycles. The van der Waals surface area contributed by atoms with Gasteiger partial charge in [-0.2, -0.15) is 0 Å². The van der Waals surface area contributed by atoms with E-state index in [9.17, 15) is 0 Å². The van der Waals surface area contributed by atoms with Crippen molar-refractivity contribution in [2.45, 2.75) is 19.7 Å². The number of ether oxygens (including phenoxy) is 1. The maximum Gasteiger partial charge on any atom is 0.0713 e. The Balaban J connectivity index is 1.62. The summed E-state index contributed by atoms with van der Waals surface area (Å²) in [6, 6.07) is 16.9. The van der Waals surface area contributed by atoms with Crippen LogP contribution < -0.4 is 5.32 Å². The summed E-state index contributed by atoms with van der Waals surface area (Å²) in [7, 11) is 1.72. The number of rotatable bonds is 6. The standard InChI is InChI=1S/C18H20N2O/c1-21-13-15-6-4-5-14(9-15)10-19-11-16-12-20-18-8-3-2-7-17(16)18/h2-9,12,19-20H,10-11,13H2,1H3. The van der Waals surface area contributed by atoms with Gasteiger partial charge < -0.3 is 15.0 Å². The van der Waals surface area contributed by atoms with Crippen LogP contribution in [0.15, 0.2) is 54.7 Å². The van der Waals surface area contributed by atoms with E-state index in [1.807, 2.05) is 0 Å². The van der Waals surface area contributed by atoms with Gasteiger partial charge in [0.25, 0.3) is 0 Å². The minimum atomic E-state index is 0.663. The van der Waals surface area contributed by atoms with Crippen LogP contribution in [0.25, 0.3) is 10.9 Å². The van der Waals surface area contributed by atoms with E-state index in [4.69, 9.17) is 4.74 Å². The maximum atomic E-state index is 5.17. The van der Waals surface area contributed by atoms with E-state index in [1.165, 1.54) is 27.6 Å². The van der Waals surface area contributed by atoms with Crippen LogP contribution in [0.5, 0.6) is 0 Å². The first-order valence-electron chi connectivity index (χ1n) is 7.19. The normalized spacial score (nSPS) is 11.1. The number of para-hydroxylation sites is 1. The SMILES string of the molecule is COCc1cccc(CNCc2c[nH]c3ccccc23)c1. The number of benzene rings is 2. The number of aromatic nitrogens is 1. The molecule has 21 heavy (non-hydrogen) atoms. The van der Waals surface area contributed by atoms with Gasteiger partial charge in [-0.05, 0) is 22.8 Å². The molecule has 0 saturated carbocycles. The average Bonchev–Trinajstić information content (AvgIpc) is 2.92. The summed E-state index contributed by atoms with van der Waals surface area (Å²) < 4.78 is 5.17. The fourth-order valence-electron chi connectivity index (χ4n) is 2.62. The number of hydrogen-bond acceptors (Lipinski definition) is 2. The summed E-state index contributed by atoms with van der Waals surface area (Å²) in [5.41, 5.74) is 4.99. The number of aromatic amines is 1. The predicted molar refractivity (Wildman–Crippen MR) is 86.0 cm³/mol. The Morgan fingerprint density at radius 3 is 2.76 bits per heavy atom. The van der Waals surface area contributed by atoms with Crippen molar-refractivity contribution < 1.29 is 4.74 Å². The van der Waals surface area contributed by atoms with E-state index in [1.54, 1.807) is 7.11 Å². The summed E-state index contributed by atoms with van der Waals surface area (Å²) in [6.45, 7) is 2.38. The third kappa shape index (κ3) is 3.32. The lowest BCUT2D eigenvalue weighted by Gasteiger charge is -2.06. The largest absolute Gasteiger partial charge is 0.380 e. The second-order valence-corrected chi connectivity index (χ2v) is 5.22. The molecule has 0 aliphatic carbocycles. The Morgan fingerprint density at radius 2 is 1.86 bits per heavy atom. The van der Waals surface area contributed by atoms with Crippen molar-refractivity contribution >= 4 is 10.9 Å². The first kappa shape index (κ1) is 13.9. The first-order valence-corrected chi connectivity index (χ1v) is 7.19. The van der Waals surface area contributed by atoms with Gasteiger partial charge in [-0.1, -0.05) is 42.5 Å². The Kier molecular flexibility index (Phi) is 4.34. The van der Waals surface area contributed by atoms with E-state index in [0.717, 1.165) is 13.1 Å². The van der Waals surface area contributed by atoms with Crippen LogP contribution in [-0.4, -0.2) is 12.1 Å². The molecular formula is C18H20N2O. The molecular weight excluding hydrogens is 260 g/mol. The lowest BCUT2D eigenvalue weighted by atomic mass is 10.1. The Morgan fingerprint density at radius 1 is 1.00 bits per heavy atom. The van der Waals surface area contributed by atoms with E-state index in [0.29, 0.717) is 6.61 Å². The Labute approximate surface area is 125 Å². The van der Waals surface area contributed by atoms with Crippen molar-refractivity contribution in [3.8, 4) is 0 Å². The highest BCUT2D eigenvalue weighted by Gasteiger charge is 2.02. The summed E-state index contributed by atoms with van der Waals surface area (Å²) in [4.78, 5) is 3.31. The average molecular weight is 280 g/mol. The van der Waals surface area contributed by atoms with Crippen molar-refractivity contribution in [1.82, 2.24) is 10.3 Å². The zero-order valence-corrected chi connectivity index (χ0v) is 12.2. The van der Waals surface area contributed by atoms with Crippen molar-refractivity contribution in [1.29, 1.82) is 0 Å². The highest BCUT2D eigenvalue weighted by molar-refractivity contribution is 5.82. The summed E-state index contributed by atoms with van der Waals surface area (Å²) in [6.07, 6.45) is 2.08. The van der Waals surface area contributed by atoms with Gasteiger partial charge >= 0.3 is 0 Å². The van der Waals surface area contributed by atoms with Crippen LogP contribution >= 0.6 is 0 Å². The molecule has 3 nitrogen and oxygen atoms in total. The zero-order valence-electron chi connectivity index (χ0n) is 12.2. The summed E-state index contributed by atoms with van der Waals surface area (Å²) >= 11 is 0. The van der Waals surface area contributed by atoms with Crippen LogP contribution in [0.2, 0.25) is 0 Å². The molecule has 0 radical (unpaired) electrons. The van der Waals surface area contributed by atoms with Crippen LogP contribution in [0, 0.1) is 0 Å². The molecule has 0 bridgehead atoms. The minimum Gasteiger partial charge on any atom is -0.380 e. The first-order chi connectivity index (χ1) is 10.4. The van der Waals surface area contributed by atoms with Gasteiger partial charge in [-0.3, -0.25) is 0 Å². The van der Waals surface area contributed by atoms with Crippen molar-refractivity contribution in [2.24, 2.45) is 0 Å². The van der Waals surface area contributed by atoms with E-state index < -0.39 is 0 Å². The fourth-order valence-corrected chi connectivity index (χ4v) is 2.62. The number of hydrogen-bond donors (Lipinski definition) is 2. The monoisotopic (exact) mass is 280 g/mol. The molecule has 0 aliphatic rings. The summed E-state index contributed by atoms with van der Waals surface area (Å²) in [5, 5.41) is 4.79. The Bertz CT molecular complexity index is 718.